The molecule has 2 fully saturated rings. The molecule has 1 saturated carbocycles. The third kappa shape index (κ3) is 5.16. The molecule has 0 aromatic carbocycles. The van der Waals surface area contributed by atoms with Crippen LogP contribution in [0.5, 0.6) is 0 Å². The summed E-state index contributed by atoms with van der Waals surface area (Å²) in [5, 5.41) is 4.55. The fourth-order valence-electron chi connectivity index (χ4n) is 4.84. The first-order valence-corrected chi connectivity index (χ1v) is 11.9. The maximum absolute atomic E-state index is 15.4. The van der Waals surface area contributed by atoms with Gasteiger partial charge in [0.2, 0.25) is 5.92 Å². The Morgan fingerprint density at radius 3 is 2.47 bits per heavy atom. The molecule has 1 atom stereocenters. The molecule has 4 rings (SSSR count). The smallest absolute Gasteiger partial charge is 0.410 e. The van der Waals surface area contributed by atoms with Crippen molar-refractivity contribution in [3.8, 4) is 0 Å². The fraction of sp³-hybridized carbons (Fsp3) is 0.708. The standard InChI is InChI=1S/C24H33F3N4O3/c1-14-12-17(18-13-30(10-11-33-18)22(32)34-23(2,3)4)31-21(28-14)19(25)20(29-31)15-6-8-16(9-7-15)24(5,26)27/h12,15-16,18H,6-11,13H2,1-5H3/t15?,16?,18-/m1/s1. The zero-order chi connectivity index (χ0) is 24.8. The number of alkyl halides is 2. The predicted octanol–water partition coefficient (Wildman–Crippen LogP) is 5.41. The summed E-state index contributed by atoms with van der Waals surface area (Å²) in [6, 6.07) is 1.78. The number of hydrogen-bond donors (Lipinski definition) is 0. The summed E-state index contributed by atoms with van der Waals surface area (Å²) in [5.74, 6) is -4.17. The summed E-state index contributed by atoms with van der Waals surface area (Å²) < 4.78 is 55.7. The number of rotatable bonds is 3. The van der Waals surface area contributed by atoms with Crippen LogP contribution in [-0.4, -0.2) is 56.8 Å². The third-order valence-corrected chi connectivity index (χ3v) is 6.59. The SMILES string of the molecule is Cc1cc([C@H]2CN(C(=O)OC(C)(C)C)CCO2)n2nc(C3CCC(C(C)(F)F)CC3)c(F)c2n1. The summed E-state index contributed by atoms with van der Waals surface area (Å²) in [6.45, 7) is 9.07. The predicted molar refractivity (Wildman–Crippen MR) is 120 cm³/mol. The molecule has 34 heavy (non-hydrogen) atoms. The number of carbonyl (C=O) groups is 1. The average molecular weight is 483 g/mol. The number of aromatic nitrogens is 3. The van der Waals surface area contributed by atoms with E-state index in [1.54, 1.807) is 17.9 Å². The lowest BCUT2D eigenvalue weighted by atomic mass is 9.78. The van der Waals surface area contributed by atoms with Gasteiger partial charge in [-0.1, -0.05) is 0 Å². The number of ether oxygens (including phenoxy) is 2. The van der Waals surface area contributed by atoms with E-state index in [4.69, 9.17) is 9.47 Å². The maximum Gasteiger partial charge on any atom is 0.410 e. The van der Waals surface area contributed by atoms with Crippen molar-refractivity contribution >= 4 is 11.7 Å². The van der Waals surface area contributed by atoms with Crippen LogP contribution < -0.4 is 0 Å². The fourth-order valence-corrected chi connectivity index (χ4v) is 4.84. The van der Waals surface area contributed by atoms with Gasteiger partial charge in [0.05, 0.1) is 18.8 Å². The monoisotopic (exact) mass is 482 g/mol. The minimum Gasteiger partial charge on any atom is -0.444 e. The van der Waals surface area contributed by atoms with Gasteiger partial charge >= 0.3 is 6.09 Å². The number of carbonyl (C=O) groups excluding carboxylic acids is 1. The first kappa shape index (κ1) is 24.8. The number of hydrogen-bond acceptors (Lipinski definition) is 5. The van der Waals surface area contributed by atoms with Gasteiger partial charge in [-0.05, 0) is 66.4 Å². The van der Waals surface area contributed by atoms with Gasteiger partial charge in [0, 0.05) is 24.1 Å². The minimum atomic E-state index is -2.73. The molecule has 1 saturated heterocycles. The number of aryl methyl sites for hydroxylation is 1. The van der Waals surface area contributed by atoms with E-state index >= 15 is 4.39 Å². The van der Waals surface area contributed by atoms with E-state index in [1.165, 1.54) is 4.52 Å². The van der Waals surface area contributed by atoms with E-state index < -0.39 is 35.5 Å². The largest absolute Gasteiger partial charge is 0.444 e. The van der Waals surface area contributed by atoms with E-state index in [1.807, 2.05) is 20.8 Å². The minimum absolute atomic E-state index is 0.0888. The highest BCUT2D eigenvalue weighted by Gasteiger charge is 2.39. The van der Waals surface area contributed by atoms with Gasteiger partial charge in [0.1, 0.15) is 17.4 Å². The van der Waals surface area contributed by atoms with E-state index in [9.17, 15) is 13.6 Å². The van der Waals surface area contributed by atoms with Gasteiger partial charge < -0.3 is 14.4 Å². The molecule has 2 aromatic rings. The van der Waals surface area contributed by atoms with Crippen molar-refractivity contribution in [2.45, 2.75) is 83.8 Å². The highest BCUT2D eigenvalue weighted by Crippen LogP contribution is 2.42. The van der Waals surface area contributed by atoms with E-state index in [0.717, 1.165) is 6.92 Å². The Bertz CT molecular complexity index is 1050. The molecule has 1 aliphatic heterocycles. The van der Waals surface area contributed by atoms with E-state index in [-0.39, 0.29) is 23.8 Å². The van der Waals surface area contributed by atoms with Crippen LogP contribution in [0.3, 0.4) is 0 Å². The molecule has 1 aliphatic carbocycles. The van der Waals surface area contributed by atoms with Crippen LogP contribution in [0.4, 0.5) is 18.0 Å². The molecule has 1 amide bonds. The first-order chi connectivity index (χ1) is 15.8. The lowest BCUT2D eigenvalue weighted by Crippen LogP contribution is -2.45. The van der Waals surface area contributed by atoms with Gasteiger partial charge in [-0.2, -0.15) is 5.10 Å². The molecule has 0 N–H and O–H groups in total. The normalized spacial score (nSPS) is 24.5. The van der Waals surface area contributed by atoms with Crippen LogP contribution in [0.25, 0.3) is 5.65 Å². The second-order valence-corrected chi connectivity index (χ2v) is 10.5. The van der Waals surface area contributed by atoms with Crippen LogP contribution in [0.2, 0.25) is 0 Å². The molecule has 0 radical (unpaired) electrons. The maximum atomic E-state index is 15.4. The van der Waals surface area contributed by atoms with Crippen LogP contribution in [-0.2, 0) is 9.47 Å². The van der Waals surface area contributed by atoms with Gasteiger partial charge in [0.25, 0.3) is 0 Å². The molecular weight excluding hydrogens is 449 g/mol. The Morgan fingerprint density at radius 2 is 1.85 bits per heavy atom. The number of nitrogens with zero attached hydrogens (tertiary/aromatic N) is 4. The van der Waals surface area contributed by atoms with Gasteiger partial charge in [-0.25, -0.2) is 27.5 Å². The van der Waals surface area contributed by atoms with Crippen molar-refractivity contribution in [1.82, 2.24) is 19.5 Å². The number of morpholine rings is 1. The summed E-state index contributed by atoms with van der Waals surface area (Å²) in [5.41, 5.74) is 0.921. The molecule has 0 unspecified atom stereocenters. The lowest BCUT2D eigenvalue weighted by molar-refractivity contribution is -0.0548. The average Bonchev–Trinajstić information content (AvgIpc) is 3.08. The van der Waals surface area contributed by atoms with Crippen LogP contribution >= 0.6 is 0 Å². The lowest BCUT2D eigenvalue weighted by Gasteiger charge is -2.34. The van der Waals surface area contributed by atoms with E-state index in [2.05, 4.69) is 10.1 Å². The Hall–Kier alpha value is -2.36. The zero-order valence-electron chi connectivity index (χ0n) is 20.4. The van der Waals surface area contributed by atoms with Crippen molar-refractivity contribution in [2.24, 2.45) is 5.92 Å². The molecule has 0 spiro atoms. The Balaban J connectivity index is 1.60. The Labute approximate surface area is 197 Å². The molecule has 188 valence electrons. The van der Waals surface area contributed by atoms with Gasteiger partial charge in [0.15, 0.2) is 11.5 Å². The molecule has 3 heterocycles. The van der Waals surface area contributed by atoms with Gasteiger partial charge in [-0.15, -0.1) is 0 Å². The second kappa shape index (κ2) is 9.02. The molecular formula is C24H33F3N4O3. The highest BCUT2D eigenvalue weighted by atomic mass is 19.3. The van der Waals surface area contributed by atoms with Gasteiger partial charge in [-0.3, -0.25) is 0 Å². The third-order valence-electron chi connectivity index (χ3n) is 6.59. The van der Waals surface area contributed by atoms with Crippen molar-refractivity contribution in [3.05, 3.63) is 29.0 Å². The van der Waals surface area contributed by atoms with Crippen molar-refractivity contribution in [2.75, 3.05) is 19.7 Å². The topological polar surface area (TPSA) is 69.0 Å². The summed E-state index contributed by atoms with van der Waals surface area (Å²) in [6.07, 6.45) is 0.603. The van der Waals surface area contributed by atoms with Crippen molar-refractivity contribution in [3.63, 3.8) is 0 Å². The molecule has 2 aliphatic rings. The molecule has 0 bridgehead atoms. The Morgan fingerprint density at radius 1 is 1.18 bits per heavy atom. The first-order valence-electron chi connectivity index (χ1n) is 11.9. The van der Waals surface area contributed by atoms with Crippen molar-refractivity contribution < 1.29 is 27.4 Å². The quantitative estimate of drug-likeness (QED) is 0.585. The number of fused-ring (bicyclic) bond motifs is 1. The van der Waals surface area contributed by atoms with Crippen molar-refractivity contribution in [1.29, 1.82) is 0 Å². The Kier molecular flexibility index (Phi) is 6.56. The van der Waals surface area contributed by atoms with Crippen LogP contribution in [0, 0.1) is 18.7 Å². The molecule has 7 nitrogen and oxygen atoms in total. The van der Waals surface area contributed by atoms with Crippen LogP contribution in [0.15, 0.2) is 6.07 Å². The molecule has 2 aromatic heterocycles. The number of halogens is 3. The summed E-state index contributed by atoms with van der Waals surface area (Å²) >= 11 is 0. The zero-order valence-corrected chi connectivity index (χ0v) is 20.4. The van der Waals surface area contributed by atoms with Crippen LogP contribution in [0.1, 0.15) is 82.5 Å². The second-order valence-electron chi connectivity index (χ2n) is 10.5. The summed E-state index contributed by atoms with van der Waals surface area (Å²) in [4.78, 5) is 18.5. The molecule has 10 heteroatoms. The highest BCUT2D eigenvalue weighted by molar-refractivity contribution is 5.68. The summed E-state index contributed by atoms with van der Waals surface area (Å²) in [7, 11) is 0. The van der Waals surface area contributed by atoms with E-state index in [0.29, 0.717) is 50.2 Å². The number of amides is 1.